The number of ether oxygens (including phenoxy) is 1. The lowest BCUT2D eigenvalue weighted by atomic mass is 9.94. The summed E-state index contributed by atoms with van der Waals surface area (Å²) in [5, 5.41) is 20.7. The van der Waals surface area contributed by atoms with Crippen LogP contribution in [-0.2, 0) is 33.5 Å². The van der Waals surface area contributed by atoms with Gasteiger partial charge in [0.25, 0.3) is 0 Å². The second kappa shape index (κ2) is 24.0. The number of unbranched alkanes of at least 4 members (excludes halogenated alkanes) is 7. The van der Waals surface area contributed by atoms with E-state index < -0.39 is 84.3 Å². The summed E-state index contributed by atoms with van der Waals surface area (Å²) in [6.07, 6.45) is 7.80. The molecule has 0 spiro atoms. The van der Waals surface area contributed by atoms with Crippen LogP contribution in [0.1, 0.15) is 125 Å². The summed E-state index contributed by atoms with van der Waals surface area (Å²) in [6, 6.07) is -4.59. The van der Waals surface area contributed by atoms with E-state index in [1.807, 2.05) is 20.8 Å². The number of aliphatic hydroxyl groups is 1. The van der Waals surface area contributed by atoms with Crippen molar-refractivity contribution in [3.8, 4) is 0 Å². The Balaban J connectivity index is 3.48. The number of aliphatic hydroxyl groups excluding tert-OH is 1. The van der Waals surface area contributed by atoms with Gasteiger partial charge >= 0.3 is 5.97 Å². The first-order valence-electron chi connectivity index (χ1n) is 18.7. The van der Waals surface area contributed by atoms with E-state index >= 15 is 0 Å². The molecular weight excluding hydrogens is 644 g/mol. The van der Waals surface area contributed by atoms with Crippen LogP contribution in [0.5, 0.6) is 0 Å². The number of esters is 1. The molecule has 0 aromatic carbocycles. The smallest absolute Gasteiger partial charge is 0.325 e. The number of hydrogen-bond acceptors (Lipinski definition) is 9. The quantitative estimate of drug-likeness (QED) is 0.102. The second-order valence-electron chi connectivity index (χ2n) is 14.1. The highest BCUT2D eigenvalue weighted by molar-refractivity contribution is 5.96. The number of amides is 5. The Morgan fingerprint density at radius 1 is 0.780 bits per heavy atom. The van der Waals surface area contributed by atoms with Gasteiger partial charge in [0.1, 0.15) is 36.8 Å². The molecule has 50 heavy (non-hydrogen) atoms. The van der Waals surface area contributed by atoms with E-state index in [2.05, 4.69) is 28.2 Å². The molecule has 0 bridgehead atoms. The third-order valence-corrected chi connectivity index (χ3v) is 9.15. The van der Waals surface area contributed by atoms with Gasteiger partial charge < -0.3 is 41.7 Å². The third-order valence-electron chi connectivity index (χ3n) is 9.15. The van der Waals surface area contributed by atoms with Gasteiger partial charge in [-0.05, 0) is 51.5 Å². The summed E-state index contributed by atoms with van der Waals surface area (Å²) >= 11 is 0. The molecule has 1 unspecified atom stereocenters. The normalized spacial score (nSPS) is 25.8. The van der Waals surface area contributed by atoms with Gasteiger partial charge in [0.2, 0.25) is 29.5 Å². The third kappa shape index (κ3) is 15.7. The molecule has 0 aromatic rings. The van der Waals surface area contributed by atoms with Gasteiger partial charge in [-0.1, -0.05) is 86.0 Å². The molecule has 0 aromatic heterocycles. The number of nitrogens with two attached hydrogens (primary N) is 1. The van der Waals surface area contributed by atoms with Crippen molar-refractivity contribution < 1.29 is 38.6 Å². The summed E-state index contributed by atoms with van der Waals surface area (Å²) in [5.74, 6) is -4.73. The van der Waals surface area contributed by atoms with Crippen molar-refractivity contribution in [2.24, 2.45) is 17.6 Å². The van der Waals surface area contributed by atoms with Crippen molar-refractivity contribution in [3.63, 3.8) is 0 Å². The van der Waals surface area contributed by atoms with E-state index in [1.54, 1.807) is 6.92 Å². The summed E-state index contributed by atoms with van der Waals surface area (Å²) in [7, 11) is 1.54. The lowest BCUT2D eigenvalue weighted by molar-refractivity contribution is -0.157. The predicted octanol–water partition coefficient (Wildman–Crippen LogP) is 2.05. The van der Waals surface area contributed by atoms with Crippen LogP contribution in [-0.4, -0.2) is 102 Å². The number of hydrogen-bond donors (Lipinski definition) is 6. The van der Waals surface area contributed by atoms with Crippen LogP contribution in [0.15, 0.2) is 0 Å². The first-order valence-corrected chi connectivity index (χ1v) is 18.7. The number of carbonyl (C=O) groups excluding carboxylic acids is 6. The topological polar surface area (TPSA) is 209 Å². The van der Waals surface area contributed by atoms with E-state index in [1.165, 1.54) is 38.1 Å². The van der Waals surface area contributed by atoms with Crippen LogP contribution in [0.3, 0.4) is 0 Å². The molecule has 0 saturated carbocycles. The van der Waals surface area contributed by atoms with Crippen molar-refractivity contribution in [1.29, 1.82) is 0 Å². The van der Waals surface area contributed by atoms with Crippen LogP contribution in [0, 0.1) is 11.8 Å². The summed E-state index contributed by atoms with van der Waals surface area (Å²) in [6.45, 7) is 10.3. The van der Waals surface area contributed by atoms with Crippen molar-refractivity contribution in [2.75, 3.05) is 20.1 Å². The molecule has 14 nitrogen and oxygen atoms in total. The first kappa shape index (κ1) is 44.8. The molecule has 288 valence electrons. The highest BCUT2D eigenvalue weighted by atomic mass is 16.5. The lowest BCUT2D eigenvalue weighted by Crippen LogP contribution is -2.60. The summed E-state index contributed by atoms with van der Waals surface area (Å²) in [5.41, 5.74) is 5.73. The van der Waals surface area contributed by atoms with Gasteiger partial charge in [-0.15, -0.1) is 0 Å². The Bertz CT molecular complexity index is 1090. The van der Waals surface area contributed by atoms with Gasteiger partial charge in [0.15, 0.2) is 0 Å². The molecule has 7 atom stereocenters. The largest absolute Gasteiger partial charge is 0.460 e. The van der Waals surface area contributed by atoms with E-state index in [-0.39, 0.29) is 25.3 Å². The minimum Gasteiger partial charge on any atom is -0.460 e. The van der Waals surface area contributed by atoms with Crippen LogP contribution in [0.25, 0.3) is 0 Å². The molecule has 1 rings (SSSR count). The summed E-state index contributed by atoms with van der Waals surface area (Å²) < 4.78 is 5.81. The molecule has 0 radical (unpaired) electrons. The van der Waals surface area contributed by atoms with Crippen LogP contribution in [0.4, 0.5) is 0 Å². The molecule has 0 aliphatic carbocycles. The maximum atomic E-state index is 14.0. The van der Waals surface area contributed by atoms with Crippen LogP contribution in [0.2, 0.25) is 0 Å². The minimum atomic E-state index is -1.46. The fourth-order valence-electron chi connectivity index (χ4n) is 6.08. The molecular formula is C36H66N6O8. The van der Waals surface area contributed by atoms with Crippen molar-refractivity contribution in [2.45, 2.75) is 161 Å². The monoisotopic (exact) mass is 710 g/mol. The Hall–Kier alpha value is -3.26. The van der Waals surface area contributed by atoms with Gasteiger partial charge in [-0.2, -0.15) is 0 Å². The van der Waals surface area contributed by atoms with Gasteiger partial charge in [-0.3, -0.25) is 28.8 Å². The van der Waals surface area contributed by atoms with Crippen molar-refractivity contribution in [3.05, 3.63) is 0 Å². The maximum Gasteiger partial charge on any atom is 0.325 e. The Labute approximate surface area is 299 Å². The zero-order valence-corrected chi connectivity index (χ0v) is 31.6. The van der Waals surface area contributed by atoms with E-state index in [9.17, 15) is 33.9 Å². The first-order chi connectivity index (χ1) is 23.7. The molecule has 5 amide bonds. The number of likely N-dealkylation sites (N-methyl/N-ethyl adjacent to an activating group) is 1. The second-order valence-corrected chi connectivity index (χ2v) is 14.1. The zero-order valence-electron chi connectivity index (χ0n) is 31.6. The number of carbonyl (C=O) groups is 6. The average Bonchev–Trinajstić information content (AvgIpc) is 3.06. The number of nitrogens with zero attached hydrogens (tertiary/aromatic N) is 1. The highest BCUT2D eigenvalue weighted by Gasteiger charge is 2.37. The Morgan fingerprint density at radius 3 is 1.90 bits per heavy atom. The maximum absolute atomic E-state index is 14.0. The molecule has 1 aliphatic heterocycles. The fourth-order valence-corrected chi connectivity index (χ4v) is 6.08. The molecule has 1 saturated heterocycles. The highest BCUT2D eigenvalue weighted by Crippen LogP contribution is 2.22. The Morgan fingerprint density at radius 2 is 1.34 bits per heavy atom. The number of cyclic esters (lactones) is 1. The lowest BCUT2D eigenvalue weighted by Gasteiger charge is -2.34. The fraction of sp³-hybridized carbons (Fsp3) is 0.833. The Kier molecular flexibility index (Phi) is 21.5. The molecule has 14 heteroatoms. The SMILES string of the molecule is CCCCCCCCCCC1OC(=O)CNC(=O)[C@H]([C@H](C)O)NC(=O)[C@H](CCN)NC(=O)[C@H](CCC)NC(=O)[C@H](CC(C)C)N(C)C(=O)[C@@H]1C. The van der Waals surface area contributed by atoms with Crippen molar-refractivity contribution >= 4 is 35.5 Å². The molecule has 1 heterocycles. The van der Waals surface area contributed by atoms with E-state index in [0.717, 1.165) is 25.7 Å². The number of rotatable bonds is 16. The average molecular weight is 711 g/mol. The van der Waals surface area contributed by atoms with E-state index in [0.29, 0.717) is 25.7 Å². The van der Waals surface area contributed by atoms with Crippen LogP contribution >= 0.6 is 0 Å². The van der Waals surface area contributed by atoms with Gasteiger partial charge in [0.05, 0.1) is 12.0 Å². The number of nitrogens with one attached hydrogen (secondary N) is 4. The summed E-state index contributed by atoms with van der Waals surface area (Å²) in [4.78, 5) is 82.1. The van der Waals surface area contributed by atoms with Gasteiger partial charge in [0, 0.05) is 7.05 Å². The standard InChI is InChI=1S/C36H66N6O8/c1-8-10-11-12-13-14-15-16-18-29-24(5)36(49)42(7)28(21-23(3)4)34(47)40-26(17-9-2)32(45)39-27(19-20-37)33(46)41-31(25(6)43)35(48)38-22-30(44)50-29/h23-29,31,43H,8-22,37H2,1-7H3,(H,38,48)(H,39,45)(H,40,47)(H,41,46)/t24-,25+,26+,27+,28+,29?,31+/m1/s1. The molecule has 1 aliphatic rings. The van der Waals surface area contributed by atoms with Gasteiger partial charge in [-0.25, -0.2) is 0 Å². The van der Waals surface area contributed by atoms with E-state index in [4.69, 9.17) is 10.5 Å². The van der Waals surface area contributed by atoms with Crippen LogP contribution < -0.4 is 27.0 Å². The molecule has 1 fully saturated rings. The minimum absolute atomic E-state index is 0.0101. The molecule has 7 N–H and O–H groups in total. The van der Waals surface area contributed by atoms with Crippen molar-refractivity contribution in [1.82, 2.24) is 26.2 Å². The zero-order chi connectivity index (χ0) is 37.8. The predicted molar refractivity (Wildman–Crippen MR) is 191 cm³/mol.